The summed E-state index contributed by atoms with van der Waals surface area (Å²) in [5, 5.41) is 6.97. The summed E-state index contributed by atoms with van der Waals surface area (Å²) in [5.41, 5.74) is 5.97. The monoisotopic (exact) mass is 468 g/mol. The Morgan fingerprint density at radius 1 is 1.14 bits per heavy atom. The molecule has 0 fully saturated rings. The Labute approximate surface area is 204 Å². The zero-order chi connectivity index (χ0) is 24.6. The number of carbonyl (C=O) groups is 1. The topological polar surface area (TPSA) is 102 Å². The number of benzene rings is 1. The second kappa shape index (κ2) is 9.03. The molecular weight excluding hydrogens is 440 g/mol. The van der Waals surface area contributed by atoms with Crippen LogP contribution in [-0.4, -0.2) is 39.4 Å². The molecule has 8 heteroatoms. The Bertz CT molecular complexity index is 1420. The van der Waals surface area contributed by atoms with Gasteiger partial charge in [-0.3, -0.25) is 14.8 Å². The van der Waals surface area contributed by atoms with Crippen LogP contribution in [-0.2, 0) is 16.9 Å². The molecule has 1 aromatic carbocycles. The summed E-state index contributed by atoms with van der Waals surface area (Å²) in [4.78, 5) is 30.4. The molecule has 8 nitrogen and oxygen atoms in total. The lowest BCUT2D eigenvalue weighted by Crippen LogP contribution is -2.18. The first kappa shape index (κ1) is 22.9. The Kier molecular flexibility index (Phi) is 5.90. The van der Waals surface area contributed by atoms with E-state index in [0.29, 0.717) is 18.7 Å². The number of amides is 1. The number of para-hydroxylation sites is 1. The number of ether oxygens (including phenoxy) is 1. The molecule has 35 heavy (non-hydrogen) atoms. The second-order valence-electron chi connectivity index (χ2n) is 9.28. The molecule has 0 saturated carbocycles. The first-order valence-electron chi connectivity index (χ1n) is 11.7. The van der Waals surface area contributed by atoms with E-state index in [-0.39, 0.29) is 17.4 Å². The van der Waals surface area contributed by atoms with Crippen LogP contribution in [0.1, 0.15) is 53.9 Å². The van der Waals surface area contributed by atoms with Crippen LogP contribution < -0.4 is 10.6 Å². The Morgan fingerprint density at radius 3 is 2.83 bits per heavy atom. The van der Waals surface area contributed by atoms with Gasteiger partial charge >= 0.3 is 0 Å². The minimum absolute atomic E-state index is 0.120. The van der Waals surface area contributed by atoms with Gasteiger partial charge in [-0.1, -0.05) is 25.1 Å². The molecule has 1 aliphatic rings. The third kappa shape index (κ3) is 4.33. The zero-order valence-electron chi connectivity index (χ0n) is 20.3. The predicted octanol–water partition coefficient (Wildman–Crippen LogP) is 4.43. The number of pyridine rings is 2. The molecule has 0 spiro atoms. The average Bonchev–Trinajstić information content (AvgIpc) is 3.20. The Morgan fingerprint density at radius 2 is 2.00 bits per heavy atom. The first-order chi connectivity index (χ1) is 16.9. The Balaban J connectivity index is 1.35. The summed E-state index contributed by atoms with van der Waals surface area (Å²) in [5.74, 6) is 0.744. The van der Waals surface area contributed by atoms with Crippen molar-refractivity contribution in [2.75, 3.05) is 18.9 Å². The molecule has 1 amide bonds. The lowest BCUT2D eigenvalue weighted by atomic mass is 9.96. The van der Waals surface area contributed by atoms with E-state index < -0.39 is 0 Å². The molecule has 2 N–H and O–H groups in total. The third-order valence-corrected chi connectivity index (χ3v) is 6.48. The van der Waals surface area contributed by atoms with Crippen LogP contribution >= 0.6 is 0 Å². The number of nitrogens with one attached hydrogen (secondary N) is 2. The molecule has 1 unspecified atom stereocenters. The highest BCUT2D eigenvalue weighted by Crippen LogP contribution is 2.36. The van der Waals surface area contributed by atoms with Gasteiger partial charge in [0.1, 0.15) is 17.7 Å². The molecule has 4 aromatic rings. The van der Waals surface area contributed by atoms with Gasteiger partial charge in [-0.05, 0) is 31.5 Å². The van der Waals surface area contributed by atoms with Gasteiger partial charge in [-0.15, -0.1) is 0 Å². The maximum Gasteiger partial charge on any atom is 0.251 e. The van der Waals surface area contributed by atoms with Gasteiger partial charge in [0.2, 0.25) is 0 Å². The normalized spacial score (nSPS) is 15.0. The van der Waals surface area contributed by atoms with E-state index in [9.17, 15) is 4.79 Å². The third-order valence-electron chi connectivity index (χ3n) is 6.48. The molecule has 3 aromatic heterocycles. The van der Waals surface area contributed by atoms with Crippen molar-refractivity contribution in [1.29, 1.82) is 0 Å². The molecule has 0 radical (unpaired) electrons. The molecule has 4 heterocycles. The molecule has 0 saturated heterocycles. The number of carbonyl (C=O) groups excluding carboxylic acids is 1. The SMILES string of the molecule is CNC(=O)c1ccnc2c(C(C)CNc3cc(-c4cnc5c(c4)COC5(C)C)ncn3)cccc12. The van der Waals surface area contributed by atoms with Gasteiger partial charge in [-0.25, -0.2) is 9.97 Å². The van der Waals surface area contributed by atoms with Gasteiger partial charge in [0, 0.05) is 54.5 Å². The van der Waals surface area contributed by atoms with Gasteiger partial charge < -0.3 is 15.4 Å². The van der Waals surface area contributed by atoms with Gasteiger partial charge in [-0.2, -0.15) is 0 Å². The summed E-state index contributed by atoms with van der Waals surface area (Å²) in [7, 11) is 1.63. The predicted molar refractivity (Wildman–Crippen MR) is 135 cm³/mol. The van der Waals surface area contributed by atoms with Crippen molar-refractivity contribution in [2.45, 2.75) is 38.9 Å². The number of fused-ring (bicyclic) bond motifs is 2. The molecule has 5 rings (SSSR count). The van der Waals surface area contributed by atoms with E-state index in [0.717, 1.165) is 44.8 Å². The van der Waals surface area contributed by atoms with Crippen molar-refractivity contribution < 1.29 is 9.53 Å². The fourth-order valence-corrected chi connectivity index (χ4v) is 4.54. The van der Waals surface area contributed by atoms with E-state index >= 15 is 0 Å². The minimum Gasteiger partial charge on any atom is -0.369 e. The van der Waals surface area contributed by atoms with Crippen LogP contribution in [0.2, 0.25) is 0 Å². The van der Waals surface area contributed by atoms with Crippen molar-refractivity contribution in [2.24, 2.45) is 0 Å². The summed E-state index contributed by atoms with van der Waals surface area (Å²) in [6, 6.07) is 11.7. The lowest BCUT2D eigenvalue weighted by Gasteiger charge is -2.17. The average molecular weight is 469 g/mol. The molecular formula is C27H28N6O2. The van der Waals surface area contributed by atoms with E-state index in [1.165, 1.54) is 0 Å². The fraction of sp³-hybridized carbons (Fsp3) is 0.296. The highest BCUT2D eigenvalue weighted by molar-refractivity contribution is 6.06. The van der Waals surface area contributed by atoms with E-state index in [2.05, 4.69) is 49.6 Å². The van der Waals surface area contributed by atoms with Crippen molar-refractivity contribution in [3.05, 3.63) is 77.5 Å². The maximum absolute atomic E-state index is 12.3. The number of hydrogen-bond donors (Lipinski definition) is 2. The fourth-order valence-electron chi connectivity index (χ4n) is 4.54. The van der Waals surface area contributed by atoms with Crippen LogP contribution in [0.5, 0.6) is 0 Å². The van der Waals surface area contributed by atoms with E-state index in [1.54, 1.807) is 25.6 Å². The molecule has 178 valence electrons. The first-order valence-corrected chi connectivity index (χ1v) is 11.7. The van der Waals surface area contributed by atoms with Crippen LogP contribution in [0.15, 0.2) is 55.1 Å². The summed E-state index contributed by atoms with van der Waals surface area (Å²) in [6.45, 7) is 7.39. The largest absolute Gasteiger partial charge is 0.369 e. The lowest BCUT2D eigenvalue weighted by molar-refractivity contribution is -0.0101. The van der Waals surface area contributed by atoms with Crippen LogP contribution in [0, 0.1) is 0 Å². The Hall–Kier alpha value is -3.91. The molecule has 1 aliphatic heterocycles. The summed E-state index contributed by atoms with van der Waals surface area (Å²) >= 11 is 0. The quantitative estimate of drug-likeness (QED) is 0.432. The van der Waals surface area contributed by atoms with E-state index in [1.807, 2.05) is 38.2 Å². The highest BCUT2D eigenvalue weighted by atomic mass is 16.5. The smallest absolute Gasteiger partial charge is 0.251 e. The second-order valence-corrected chi connectivity index (χ2v) is 9.28. The molecule has 1 atom stereocenters. The minimum atomic E-state index is -0.361. The number of hydrogen-bond acceptors (Lipinski definition) is 7. The van der Waals surface area contributed by atoms with Crippen molar-refractivity contribution in [3.63, 3.8) is 0 Å². The van der Waals surface area contributed by atoms with Crippen molar-refractivity contribution in [3.8, 4) is 11.3 Å². The van der Waals surface area contributed by atoms with Gasteiger partial charge in [0.15, 0.2) is 0 Å². The van der Waals surface area contributed by atoms with Crippen molar-refractivity contribution >= 4 is 22.6 Å². The summed E-state index contributed by atoms with van der Waals surface area (Å²) < 4.78 is 5.85. The van der Waals surface area contributed by atoms with Crippen LogP contribution in [0.25, 0.3) is 22.2 Å². The standard InChI is InChI=1S/C27H28N6O2/c1-16(19-6-5-7-20-21(26(34)28-4)8-9-29-24(19)20)12-30-23-11-22(32-15-33-23)17-10-18-14-35-27(2,3)25(18)31-13-17/h5-11,13,15-16H,12,14H2,1-4H3,(H,28,34)(H,30,32,33). The van der Waals surface area contributed by atoms with Gasteiger partial charge in [0.25, 0.3) is 5.91 Å². The molecule has 0 bridgehead atoms. The van der Waals surface area contributed by atoms with Crippen LogP contribution in [0.3, 0.4) is 0 Å². The molecule has 0 aliphatic carbocycles. The van der Waals surface area contributed by atoms with Gasteiger partial charge in [0.05, 0.1) is 29.1 Å². The number of anilines is 1. The highest BCUT2D eigenvalue weighted by Gasteiger charge is 2.32. The van der Waals surface area contributed by atoms with Crippen molar-refractivity contribution in [1.82, 2.24) is 25.3 Å². The number of aromatic nitrogens is 4. The maximum atomic E-state index is 12.3. The van der Waals surface area contributed by atoms with Crippen LogP contribution in [0.4, 0.5) is 5.82 Å². The zero-order valence-corrected chi connectivity index (χ0v) is 20.3. The summed E-state index contributed by atoms with van der Waals surface area (Å²) in [6.07, 6.45) is 5.09. The van der Waals surface area contributed by atoms with E-state index in [4.69, 9.17) is 4.74 Å². The number of rotatable bonds is 6. The number of nitrogens with zero attached hydrogens (tertiary/aromatic N) is 4.